The fourth-order valence-electron chi connectivity index (χ4n) is 2.12. The Bertz CT molecular complexity index is 603. The van der Waals surface area contributed by atoms with Crippen LogP contribution in [-0.2, 0) is 12.7 Å². The van der Waals surface area contributed by atoms with Crippen molar-refractivity contribution in [3.8, 4) is 0 Å². The van der Waals surface area contributed by atoms with Crippen molar-refractivity contribution in [1.82, 2.24) is 0 Å². The van der Waals surface area contributed by atoms with E-state index in [4.69, 9.17) is 0 Å². The lowest BCUT2D eigenvalue weighted by Gasteiger charge is -2.15. The van der Waals surface area contributed by atoms with Crippen LogP contribution >= 0.6 is 0 Å². The summed E-state index contributed by atoms with van der Waals surface area (Å²) in [6.45, 7) is 4.32. The van der Waals surface area contributed by atoms with Crippen molar-refractivity contribution in [2.24, 2.45) is 0 Å². The second-order valence-electron chi connectivity index (χ2n) is 4.83. The summed E-state index contributed by atoms with van der Waals surface area (Å²) in [4.78, 5) is 0. The molecule has 0 aromatic heterocycles. The smallest absolute Gasteiger partial charge is 0.380 e. The average molecular weight is 279 g/mol. The standard InChI is InChI=1S/C16H16F3N/c1-11-7-8-13(12(2)9-11)10-20-15-6-4-3-5-14(15)16(17,18)19/h3-9,20H,10H2,1-2H3. The molecule has 1 nitrogen and oxygen atoms in total. The monoisotopic (exact) mass is 279 g/mol. The third-order valence-electron chi connectivity index (χ3n) is 3.20. The maximum Gasteiger partial charge on any atom is 0.418 e. The van der Waals surface area contributed by atoms with Crippen LogP contribution < -0.4 is 5.32 Å². The summed E-state index contributed by atoms with van der Waals surface area (Å²) >= 11 is 0. The van der Waals surface area contributed by atoms with E-state index in [1.54, 1.807) is 6.07 Å². The molecule has 2 rings (SSSR count). The van der Waals surface area contributed by atoms with Gasteiger partial charge in [-0.3, -0.25) is 0 Å². The quantitative estimate of drug-likeness (QED) is 0.839. The van der Waals surface area contributed by atoms with Gasteiger partial charge in [0.25, 0.3) is 0 Å². The van der Waals surface area contributed by atoms with Crippen LogP contribution in [0.5, 0.6) is 0 Å². The van der Waals surface area contributed by atoms with E-state index in [1.165, 1.54) is 12.1 Å². The molecule has 4 heteroatoms. The molecule has 0 heterocycles. The molecule has 0 aliphatic carbocycles. The molecule has 2 aromatic carbocycles. The molecule has 0 saturated heterocycles. The van der Waals surface area contributed by atoms with Gasteiger partial charge in [0, 0.05) is 12.2 Å². The van der Waals surface area contributed by atoms with Gasteiger partial charge >= 0.3 is 6.18 Å². The summed E-state index contributed by atoms with van der Waals surface area (Å²) in [5, 5.41) is 2.88. The van der Waals surface area contributed by atoms with Crippen LogP contribution in [0.15, 0.2) is 42.5 Å². The van der Waals surface area contributed by atoms with Gasteiger partial charge in [-0.15, -0.1) is 0 Å². The van der Waals surface area contributed by atoms with Crippen molar-refractivity contribution in [3.63, 3.8) is 0 Å². The minimum absolute atomic E-state index is 0.111. The fourth-order valence-corrected chi connectivity index (χ4v) is 2.12. The predicted octanol–water partition coefficient (Wildman–Crippen LogP) is 4.93. The number of rotatable bonds is 3. The highest BCUT2D eigenvalue weighted by Gasteiger charge is 2.32. The Labute approximate surface area is 116 Å². The van der Waals surface area contributed by atoms with Crippen molar-refractivity contribution in [2.45, 2.75) is 26.6 Å². The van der Waals surface area contributed by atoms with Crippen molar-refractivity contribution in [3.05, 3.63) is 64.7 Å². The number of benzene rings is 2. The predicted molar refractivity (Wildman–Crippen MR) is 74.7 cm³/mol. The van der Waals surface area contributed by atoms with Crippen LogP contribution in [0.4, 0.5) is 18.9 Å². The number of anilines is 1. The Morgan fingerprint density at radius 1 is 1.00 bits per heavy atom. The number of halogens is 3. The number of aryl methyl sites for hydroxylation is 2. The molecule has 0 aliphatic heterocycles. The summed E-state index contributed by atoms with van der Waals surface area (Å²) in [6, 6.07) is 11.4. The van der Waals surface area contributed by atoms with Gasteiger partial charge in [-0.2, -0.15) is 13.2 Å². The molecular weight excluding hydrogens is 263 g/mol. The fraction of sp³-hybridized carbons (Fsp3) is 0.250. The molecule has 0 atom stereocenters. The van der Waals surface area contributed by atoms with E-state index >= 15 is 0 Å². The number of hydrogen-bond donors (Lipinski definition) is 1. The second-order valence-corrected chi connectivity index (χ2v) is 4.83. The van der Waals surface area contributed by atoms with Gasteiger partial charge in [0.15, 0.2) is 0 Å². The molecule has 0 spiro atoms. The zero-order chi connectivity index (χ0) is 14.8. The molecule has 0 bridgehead atoms. The van der Waals surface area contributed by atoms with Crippen LogP contribution in [0.3, 0.4) is 0 Å². The topological polar surface area (TPSA) is 12.0 Å². The van der Waals surface area contributed by atoms with Crippen molar-refractivity contribution in [1.29, 1.82) is 0 Å². The first-order chi connectivity index (χ1) is 9.38. The molecule has 20 heavy (non-hydrogen) atoms. The van der Waals surface area contributed by atoms with E-state index in [2.05, 4.69) is 5.32 Å². The third-order valence-corrected chi connectivity index (χ3v) is 3.20. The Kier molecular flexibility index (Phi) is 4.02. The van der Waals surface area contributed by atoms with E-state index in [0.29, 0.717) is 6.54 Å². The van der Waals surface area contributed by atoms with Crippen LogP contribution in [-0.4, -0.2) is 0 Å². The molecule has 0 amide bonds. The van der Waals surface area contributed by atoms with Gasteiger partial charge in [0.05, 0.1) is 5.56 Å². The van der Waals surface area contributed by atoms with E-state index in [9.17, 15) is 13.2 Å². The zero-order valence-corrected chi connectivity index (χ0v) is 11.4. The van der Waals surface area contributed by atoms with Crippen molar-refractivity contribution < 1.29 is 13.2 Å². The molecule has 106 valence electrons. The highest BCUT2D eigenvalue weighted by atomic mass is 19.4. The van der Waals surface area contributed by atoms with Crippen LogP contribution in [0.1, 0.15) is 22.3 Å². The highest BCUT2D eigenvalue weighted by molar-refractivity contribution is 5.53. The van der Waals surface area contributed by atoms with Gasteiger partial charge in [0.1, 0.15) is 0 Å². The Morgan fingerprint density at radius 3 is 2.35 bits per heavy atom. The molecule has 2 aromatic rings. The molecule has 0 unspecified atom stereocenters. The van der Waals surface area contributed by atoms with Gasteiger partial charge in [0.2, 0.25) is 0 Å². The lowest BCUT2D eigenvalue weighted by molar-refractivity contribution is -0.136. The number of alkyl halides is 3. The van der Waals surface area contributed by atoms with Gasteiger partial charge in [-0.05, 0) is 37.1 Å². The van der Waals surface area contributed by atoms with Gasteiger partial charge < -0.3 is 5.32 Å². The van der Waals surface area contributed by atoms with Crippen molar-refractivity contribution in [2.75, 3.05) is 5.32 Å². The summed E-state index contributed by atoms with van der Waals surface area (Å²) in [6.07, 6.45) is -4.34. The lowest BCUT2D eigenvalue weighted by atomic mass is 10.1. The second kappa shape index (κ2) is 5.57. The Hall–Kier alpha value is -1.97. The molecule has 0 radical (unpaired) electrons. The van der Waals surface area contributed by atoms with Gasteiger partial charge in [-0.25, -0.2) is 0 Å². The molecule has 0 fully saturated rings. The van der Waals surface area contributed by atoms with E-state index in [0.717, 1.165) is 22.8 Å². The normalized spacial score (nSPS) is 11.4. The first-order valence-electron chi connectivity index (χ1n) is 6.34. The molecule has 1 N–H and O–H groups in total. The molecular formula is C16H16F3N. The first kappa shape index (κ1) is 14.4. The van der Waals surface area contributed by atoms with Crippen LogP contribution in [0.25, 0.3) is 0 Å². The number of para-hydroxylation sites is 1. The van der Waals surface area contributed by atoms with E-state index in [-0.39, 0.29) is 5.69 Å². The number of nitrogens with one attached hydrogen (secondary N) is 1. The summed E-state index contributed by atoms with van der Waals surface area (Å²) < 4.78 is 38.6. The van der Waals surface area contributed by atoms with Crippen LogP contribution in [0, 0.1) is 13.8 Å². The van der Waals surface area contributed by atoms with Gasteiger partial charge in [-0.1, -0.05) is 35.9 Å². The minimum atomic E-state index is -4.34. The summed E-state index contributed by atoms with van der Waals surface area (Å²) in [5.41, 5.74) is 2.68. The Morgan fingerprint density at radius 2 is 1.70 bits per heavy atom. The largest absolute Gasteiger partial charge is 0.418 e. The third kappa shape index (κ3) is 3.32. The molecule has 0 saturated carbocycles. The zero-order valence-electron chi connectivity index (χ0n) is 11.4. The maximum atomic E-state index is 12.9. The van der Waals surface area contributed by atoms with Crippen LogP contribution in [0.2, 0.25) is 0 Å². The highest BCUT2D eigenvalue weighted by Crippen LogP contribution is 2.34. The SMILES string of the molecule is Cc1ccc(CNc2ccccc2C(F)(F)F)c(C)c1. The molecule has 0 aliphatic rings. The maximum absolute atomic E-state index is 12.9. The Balaban J connectivity index is 2.19. The lowest BCUT2D eigenvalue weighted by Crippen LogP contribution is -2.11. The summed E-state index contributed by atoms with van der Waals surface area (Å²) in [7, 11) is 0. The first-order valence-corrected chi connectivity index (χ1v) is 6.34. The number of hydrogen-bond acceptors (Lipinski definition) is 1. The van der Waals surface area contributed by atoms with E-state index < -0.39 is 11.7 Å². The average Bonchev–Trinajstić information content (AvgIpc) is 2.37. The van der Waals surface area contributed by atoms with E-state index in [1.807, 2.05) is 32.0 Å². The van der Waals surface area contributed by atoms with Crippen molar-refractivity contribution >= 4 is 5.69 Å². The summed E-state index contributed by atoms with van der Waals surface area (Å²) in [5.74, 6) is 0. The minimum Gasteiger partial charge on any atom is -0.380 e.